The van der Waals surface area contributed by atoms with Gasteiger partial charge in [0.15, 0.2) is 0 Å². The first-order valence-corrected chi connectivity index (χ1v) is 8.52. The lowest BCUT2D eigenvalue weighted by Crippen LogP contribution is -2.41. The van der Waals surface area contributed by atoms with E-state index in [-0.39, 0.29) is 18.0 Å². The Balaban J connectivity index is 1.96. The molecule has 23 heavy (non-hydrogen) atoms. The van der Waals surface area contributed by atoms with Crippen molar-refractivity contribution in [1.82, 2.24) is 5.32 Å². The van der Waals surface area contributed by atoms with Crippen molar-refractivity contribution in [3.8, 4) is 0 Å². The predicted octanol–water partition coefficient (Wildman–Crippen LogP) is 4.87. The first kappa shape index (κ1) is 18.0. The standard InChI is InChI=1S/C18H20BrClN2O/c1-12-4-9-16(15(19)10-12)22-17(23)11-21-18(2,3)13-5-7-14(20)8-6-13/h4-10,21H,11H2,1-3H3,(H,22,23). The number of amides is 1. The minimum atomic E-state index is -0.327. The number of carbonyl (C=O) groups is 1. The van der Waals surface area contributed by atoms with E-state index >= 15 is 0 Å². The molecule has 0 atom stereocenters. The number of halogens is 2. The van der Waals surface area contributed by atoms with E-state index in [1.54, 1.807) is 0 Å². The molecule has 0 saturated heterocycles. The topological polar surface area (TPSA) is 41.1 Å². The molecule has 0 saturated carbocycles. The van der Waals surface area contributed by atoms with Gasteiger partial charge in [-0.1, -0.05) is 29.8 Å². The second-order valence-electron chi connectivity index (χ2n) is 6.02. The molecule has 0 fully saturated rings. The van der Waals surface area contributed by atoms with Crippen LogP contribution in [0.1, 0.15) is 25.0 Å². The van der Waals surface area contributed by atoms with E-state index in [0.29, 0.717) is 5.02 Å². The Bertz CT molecular complexity index is 699. The van der Waals surface area contributed by atoms with Crippen LogP contribution in [-0.2, 0) is 10.3 Å². The van der Waals surface area contributed by atoms with E-state index in [9.17, 15) is 4.79 Å². The lowest BCUT2D eigenvalue weighted by Gasteiger charge is -2.27. The van der Waals surface area contributed by atoms with Gasteiger partial charge in [-0.2, -0.15) is 0 Å². The fraction of sp³-hybridized carbons (Fsp3) is 0.278. The van der Waals surface area contributed by atoms with Crippen LogP contribution in [0.15, 0.2) is 46.9 Å². The van der Waals surface area contributed by atoms with Crippen molar-refractivity contribution in [2.24, 2.45) is 0 Å². The summed E-state index contributed by atoms with van der Waals surface area (Å²) in [7, 11) is 0. The van der Waals surface area contributed by atoms with Crippen LogP contribution in [0.4, 0.5) is 5.69 Å². The lowest BCUT2D eigenvalue weighted by atomic mass is 9.94. The van der Waals surface area contributed by atoms with Gasteiger partial charge in [-0.25, -0.2) is 0 Å². The molecule has 0 spiro atoms. The highest BCUT2D eigenvalue weighted by molar-refractivity contribution is 9.10. The van der Waals surface area contributed by atoms with Gasteiger partial charge in [-0.05, 0) is 72.1 Å². The molecule has 5 heteroatoms. The molecule has 0 aliphatic rings. The smallest absolute Gasteiger partial charge is 0.238 e. The number of carbonyl (C=O) groups excluding carboxylic acids is 1. The zero-order valence-corrected chi connectivity index (χ0v) is 15.8. The molecule has 0 aliphatic carbocycles. The quantitative estimate of drug-likeness (QED) is 0.758. The SMILES string of the molecule is Cc1ccc(NC(=O)CNC(C)(C)c2ccc(Cl)cc2)c(Br)c1. The third-order valence-corrected chi connectivity index (χ3v) is 4.56. The maximum atomic E-state index is 12.2. The fourth-order valence-electron chi connectivity index (χ4n) is 2.19. The monoisotopic (exact) mass is 394 g/mol. The summed E-state index contributed by atoms with van der Waals surface area (Å²) >= 11 is 9.38. The Morgan fingerprint density at radius 1 is 1.17 bits per heavy atom. The number of aryl methyl sites for hydroxylation is 1. The van der Waals surface area contributed by atoms with Gasteiger partial charge < -0.3 is 5.32 Å². The highest BCUT2D eigenvalue weighted by Gasteiger charge is 2.20. The summed E-state index contributed by atoms with van der Waals surface area (Å²) in [4.78, 5) is 12.2. The number of benzene rings is 2. The molecule has 0 bridgehead atoms. The lowest BCUT2D eigenvalue weighted by molar-refractivity contribution is -0.115. The largest absolute Gasteiger partial charge is 0.324 e. The summed E-state index contributed by atoms with van der Waals surface area (Å²) in [6.45, 7) is 6.29. The minimum absolute atomic E-state index is 0.0865. The summed E-state index contributed by atoms with van der Waals surface area (Å²) in [6, 6.07) is 13.5. The number of rotatable bonds is 5. The Morgan fingerprint density at radius 2 is 1.83 bits per heavy atom. The molecule has 3 nitrogen and oxygen atoms in total. The van der Waals surface area contributed by atoms with Crippen LogP contribution in [0.3, 0.4) is 0 Å². The Kier molecular flexibility index (Phi) is 5.84. The number of hydrogen-bond acceptors (Lipinski definition) is 2. The zero-order chi connectivity index (χ0) is 17.0. The molecule has 122 valence electrons. The molecular weight excluding hydrogens is 376 g/mol. The van der Waals surface area contributed by atoms with Gasteiger partial charge in [0.2, 0.25) is 5.91 Å². The second kappa shape index (κ2) is 7.47. The van der Waals surface area contributed by atoms with Gasteiger partial charge in [0.1, 0.15) is 0 Å². The highest BCUT2D eigenvalue weighted by Crippen LogP contribution is 2.24. The van der Waals surface area contributed by atoms with Gasteiger partial charge in [0.25, 0.3) is 0 Å². The van der Waals surface area contributed by atoms with Crippen LogP contribution in [0.2, 0.25) is 5.02 Å². The molecule has 0 aliphatic heterocycles. The summed E-state index contributed by atoms with van der Waals surface area (Å²) in [5.41, 5.74) is 2.65. The molecule has 2 aromatic rings. The van der Waals surface area contributed by atoms with E-state index in [1.807, 2.05) is 63.2 Å². The molecule has 2 rings (SSSR count). The summed E-state index contributed by atoms with van der Waals surface area (Å²) < 4.78 is 0.878. The Labute approximate surface area is 150 Å². The van der Waals surface area contributed by atoms with E-state index in [1.165, 1.54) is 0 Å². The van der Waals surface area contributed by atoms with Crippen molar-refractivity contribution in [3.63, 3.8) is 0 Å². The molecule has 0 aromatic heterocycles. The van der Waals surface area contributed by atoms with Crippen LogP contribution in [0.5, 0.6) is 0 Å². The van der Waals surface area contributed by atoms with Gasteiger partial charge in [0.05, 0.1) is 12.2 Å². The van der Waals surface area contributed by atoms with E-state index in [2.05, 4.69) is 26.6 Å². The second-order valence-corrected chi connectivity index (χ2v) is 7.31. The molecule has 2 aromatic carbocycles. The van der Waals surface area contributed by atoms with Crippen molar-refractivity contribution < 1.29 is 4.79 Å². The van der Waals surface area contributed by atoms with E-state index in [0.717, 1.165) is 21.3 Å². The molecule has 0 radical (unpaired) electrons. The highest BCUT2D eigenvalue weighted by atomic mass is 79.9. The fourth-order valence-corrected chi connectivity index (χ4v) is 2.90. The first-order chi connectivity index (χ1) is 10.8. The van der Waals surface area contributed by atoms with Crippen molar-refractivity contribution in [1.29, 1.82) is 0 Å². The minimum Gasteiger partial charge on any atom is -0.324 e. The van der Waals surface area contributed by atoms with Crippen LogP contribution in [-0.4, -0.2) is 12.5 Å². The van der Waals surface area contributed by atoms with E-state index < -0.39 is 0 Å². The van der Waals surface area contributed by atoms with Gasteiger partial charge in [-0.15, -0.1) is 0 Å². The van der Waals surface area contributed by atoms with Crippen LogP contribution >= 0.6 is 27.5 Å². The summed E-state index contributed by atoms with van der Waals surface area (Å²) in [6.07, 6.45) is 0. The van der Waals surface area contributed by atoms with Crippen molar-refractivity contribution in [3.05, 3.63) is 63.1 Å². The molecule has 1 amide bonds. The average molecular weight is 396 g/mol. The third-order valence-electron chi connectivity index (χ3n) is 3.66. The average Bonchev–Trinajstić information content (AvgIpc) is 2.49. The van der Waals surface area contributed by atoms with Gasteiger partial charge in [0, 0.05) is 15.0 Å². The zero-order valence-electron chi connectivity index (χ0n) is 13.4. The van der Waals surface area contributed by atoms with Crippen molar-refractivity contribution >= 4 is 39.1 Å². The van der Waals surface area contributed by atoms with E-state index in [4.69, 9.17) is 11.6 Å². The van der Waals surface area contributed by atoms with Crippen molar-refractivity contribution in [2.75, 3.05) is 11.9 Å². The molecular formula is C18H20BrClN2O. The van der Waals surface area contributed by atoms with Gasteiger partial charge >= 0.3 is 0 Å². The third kappa shape index (κ3) is 5.06. The number of anilines is 1. The van der Waals surface area contributed by atoms with Crippen LogP contribution in [0.25, 0.3) is 0 Å². The van der Waals surface area contributed by atoms with Crippen LogP contribution in [0, 0.1) is 6.92 Å². The Hall–Kier alpha value is -1.36. The number of nitrogens with one attached hydrogen (secondary N) is 2. The summed E-state index contributed by atoms with van der Waals surface area (Å²) in [5.74, 6) is -0.0865. The van der Waals surface area contributed by atoms with Crippen molar-refractivity contribution in [2.45, 2.75) is 26.3 Å². The molecule has 0 heterocycles. The molecule has 0 unspecified atom stereocenters. The Morgan fingerprint density at radius 3 is 2.43 bits per heavy atom. The molecule has 2 N–H and O–H groups in total. The normalized spacial score (nSPS) is 11.3. The predicted molar refractivity (Wildman–Crippen MR) is 100.0 cm³/mol. The maximum absolute atomic E-state index is 12.2. The first-order valence-electron chi connectivity index (χ1n) is 7.35. The summed E-state index contributed by atoms with van der Waals surface area (Å²) in [5, 5.41) is 6.88. The maximum Gasteiger partial charge on any atom is 0.238 e. The number of hydrogen-bond donors (Lipinski definition) is 2. The van der Waals surface area contributed by atoms with Gasteiger partial charge in [-0.3, -0.25) is 10.1 Å². The van der Waals surface area contributed by atoms with Crippen LogP contribution < -0.4 is 10.6 Å².